The Morgan fingerprint density at radius 1 is 1.21 bits per heavy atom. The van der Waals surface area contributed by atoms with Gasteiger partial charge in [0.15, 0.2) is 0 Å². The molecule has 2 amide bonds. The molecule has 1 aliphatic heterocycles. The molecule has 3 rings (SSSR count). The van der Waals surface area contributed by atoms with Gasteiger partial charge in [0, 0.05) is 50.2 Å². The van der Waals surface area contributed by atoms with Crippen LogP contribution in [-0.4, -0.2) is 60.7 Å². The number of piperazine rings is 1. The van der Waals surface area contributed by atoms with Crippen LogP contribution in [0, 0.1) is 6.92 Å². The van der Waals surface area contributed by atoms with E-state index >= 15 is 0 Å². The molecule has 1 fully saturated rings. The van der Waals surface area contributed by atoms with Gasteiger partial charge >= 0.3 is 6.03 Å². The van der Waals surface area contributed by atoms with Crippen molar-refractivity contribution in [1.82, 2.24) is 14.9 Å². The van der Waals surface area contributed by atoms with E-state index in [-0.39, 0.29) is 6.03 Å². The Balaban J connectivity index is 1.59. The highest BCUT2D eigenvalue weighted by Gasteiger charge is 2.22. The molecule has 1 saturated heterocycles. The van der Waals surface area contributed by atoms with Gasteiger partial charge in [0.1, 0.15) is 11.6 Å². The lowest BCUT2D eigenvalue weighted by Gasteiger charge is -2.35. The quantitative estimate of drug-likeness (QED) is 0.796. The molecular formula is C19H25ClN6O2. The van der Waals surface area contributed by atoms with Crippen LogP contribution in [0.4, 0.5) is 22.2 Å². The summed E-state index contributed by atoms with van der Waals surface area (Å²) in [5, 5.41) is 6.50. The van der Waals surface area contributed by atoms with Gasteiger partial charge in [-0.3, -0.25) is 0 Å². The second-order valence-electron chi connectivity index (χ2n) is 6.48. The fourth-order valence-electron chi connectivity index (χ4n) is 3.04. The summed E-state index contributed by atoms with van der Waals surface area (Å²) in [6.45, 7) is 7.36. The number of amides is 2. The van der Waals surface area contributed by atoms with Crippen molar-refractivity contribution in [2.75, 3.05) is 55.4 Å². The van der Waals surface area contributed by atoms with E-state index in [1.807, 2.05) is 19.9 Å². The van der Waals surface area contributed by atoms with Crippen molar-refractivity contribution in [3.63, 3.8) is 0 Å². The summed E-state index contributed by atoms with van der Waals surface area (Å²) in [6.07, 6.45) is 0. The summed E-state index contributed by atoms with van der Waals surface area (Å²) in [4.78, 5) is 25.5. The number of anilines is 3. The van der Waals surface area contributed by atoms with Crippen molar-refractivity contribution in [3.8, 4) is 5.75 Å². The molecule has 0 unspecified atom stereocenters. The van der Waals surface area contributed by atoms with Crippen LogP contribution in [0.25, 0.3) is 0 Å². The second kappa shape index (κ2) is 8.97. The fourth-order valence-corrected chi connectivity index (χ4v) is 3.29. The van der Waals surface area contributed by atoms with E-state index in [2.05, 4.69) is 25.5 Å². The number of methoxy groups -OCH3 is 1. The lowest BCUT2D eigenvalue weighted by atomic mass is 10.3. The summed E-state index contributed by atoms with van der Waals surface area (Å²) >= 11 is 6.12. The Hall–Kier alpha value is -2.74. The Labute approximate surface area is 169 Å². The van der Waals surface area contributed by atoms with Crippen LogP contribution >= 0.6 is 11.6 Å². The molecule has 0 bridgehead atoms. The number of hydrogen-bond donors (Lipinski definition) is 2. The molecule has 1 aromatic heterocycles. The van der Waals surface area contributed by atoms with E-state index in [1.54, 1.807) is 30.2 Å². The number of carbonyl (C=O) groups is 1. The van der Waals surface area contributed by atoms with Gasteiger partial charge in [-0.25, -0.2) is 9.78 Å². The van der Waals surface area contributed by atoms with Gasteiger partial charge in [-0.05, 0) is 32.0 Å². The number of ether oxygens (including phenoxy) is 1. The highest BCUT2D eigenvalue weighted by atomic mass is 35.5. The third-order valence-corrected chi connectivity index (χ3v) is 4.76. The van der Waals surface area contributed by atoms with Crippen LogP contribution in [-0.2, 0) is 0 Å². The number of halogens is 1. The van der Waals surface area contributed by atoms with Gasteiger partial charge in [0.25, 0.3) is 0 Å². The summed E-state index contributed by atoms with van der Waals surface area (Å²) < 4.78 is 5.13. The van der Waals surface area contributed by atoms with Gasteiger partial charge < -0.3 is 25.2 Å². The molecule has 2 N–H and O–H groups in total. The van der Waals surface area contributed by atoms with Gasteiger partial charge in [0.2, 0.25) is 5.95 Å². The molecule has 1 aromatic carbocycles. The molecule has 0 saturated carbocycles. The van der Waals surface area contributed by atoms with E-state index in [0.717, 1.165) is 18.1 Å². The highest BCUT2D eigenvalue weighted by molar-refractivity contribution is 6.32. The number of nitrogens with zero attached hydrogens (tertiary/aromatic N) is 4. The monoisotopic (exact) mass is 404 g/mol. The maximum absolute atomic E-state index is 12.6. The lowest BCUT2D eigenvalue weighted by molar-refractivity contribution is 0.208. The number of hydrogen-bond acceptors (Lipinski definition) is 6. The van der Waals surface area contributed by atoms with Crippen LogP contribution in [0.3, 0.4) is 0 Å². The number of nitrogens with one attached hydrogen (secondary N) is 2. The molecule has 9 heteroatoms. The molecule has 0 spiro atoms. The van der Waals surface area contributed by atoms with Crippen LogP contribution in [0.5, 0.6) is 5.75 Å². The zero-order valence-electron chi connectivity index (χ0n) is 16.3. The standard InChI is InChI=1S/C19H25ClN6O2/c1-4-21-18-22-13(2)11-17(24-18)25-7-9-26(10-8-25)19(27)23-14-5-6-16(28-3)15(20)12-14/h5-6,11-12H,4,7-10H2,1-3H3,(H,23,27)(H,21,22,24). The minimum Gasteiger partial charge on any atom is -0.495 e. The van der Waals surface area contributed by atoms with Crippen LogP contribution in [0.2, 0.25) is 5.02 Å². The lowest BCUT2D eigenvalue weighted by Crippen LogP contribution is -2.50. The van der Waals surface area contributed by atoms with Crippen molar-refractivity contribution in [2.24, 2.45) is 0 Å². The first-order chi connectivity index (χ1) is 13.5. The van der Waals surface area contributed by atoms with Crippen molar-refractivity contribution < 1.29 is 9.53 Å². The minimum atomic E-state index is -0.145. The highest BCUT2D eigenvalue weighted by Crippen LogP contribution is 2.27. The fraction of sp³-hybridized carbons (Fsp3) is 0.421. The number of aromatic nitrogens is 2. The van der Waals surface area contributed by atoms with Crippen molar-refractivity contribution in [2.45, 2.75) is 13.8 Å². The molecular weight excluding hydrogens is 380 g/mol. The third-order valence-electron chi connectivity index (χ3n) is 4.47. The molecule has 0 atom stereocenters. The van der Waals surface area contributed by atoms with Crippen molar-refractivity contribution in [1.29, 1.82) is 0 Å². The smallest absolute Gasteiger partial charge is 0.321 e. The Kier molecular flexibility index (Phi) is 6.41. The van der Waals surface area contributed by atoms with E-state index in [1.165, 1.54) is 0 Å². The average Bonchev–Trinajstić information content (AvgIpc) is 2.68. The van der Waals surface area contributed by atoms with Crippen LogP contribution in [0.15, 0.2) is 24.3 Å². The molecule has 8 nitrogen and oxygen atoms in total. The van der Waals surface area contributed by atoms with E-state index in [4.69, 9.17) is 16.3 Å². The first kappa shape index (κ1) is 20.0. The topological polar surface area (TPSA) is 82.6 Å². The maximum atomic E-state index is 12.6. The van der Waals surface area contributed by atoms with Gasteiger partial charge in [-0.15, -0.1) is 0 Å². The summed E-state index contributed by atoms with van der Waals surface area (Å²) in [6, 6.07) is 7.00. The predicted octanol–water partition coefficient (Wildman–Crippen LogP) is 3.23. The molecule has 2 aromatic rings. The molecule has 28 heavy (non-hydrogen) atoms. The Morgan fingerprint density at radius 2 is 1.96 bits per heavy atom. The summed E-state index contributed by atoms with van der Waals surface area (Å²) in [7, 11) is 1.55. The normalized spacial score (nSPS) is 14.0. The van der Waals surface area contributed by atoms with E-state index in [9.17, 15) is 4.79 Å². The number of carbonyl (C=O) groups excluding carboxylic acids is 1. The molecule has 1 aliphatic rings. The average molecular weight is 405 g/mol. The molecule has 150 valence electrons. The van der Waals surface area contributed by atoms with Crippen LogP contribution in [0.1, 0.15) is 12.6 Å². The molecule has 0 aliphatic carbocycles. The number of rotatable bonds is 5. The molecule has 0 radical (unpaired) electrons. The second-order valence-corrected chi connectivity index (χ2v) is 6.88. The first-order valence-corrected chi connectivity index (χ1v) is 9.62. The maximum Gasteiger partial charge on any atom is 0.321 e. The largest absolute Gasteiger partial charge is 0.495 e. The SMILES string of the molecule is CCNc1nc(C)cc(N2CCN(C(=O)Nc3ccc(OC)c(Cl)c3)CC2)n1. The Bertz CT molecular complexity index is 839. The zero-order chi connectivity index (χ0) is 20.1. The van der Waals surface area contributed by atoms with Gasteiger partial charge in [0.05, 0.1) is 12.1 Å². The third kappa shape index (κ3) is 4.75. The molecule has 2 heterocycles. The van der Waals surface area contributed by atoms with E-state index < -0.39 is 0 Å². The van der Waals surface area contributed by atoms with E-state index in [0.29, 0.717) is 48.6 Å². The number of aryl methyl sites for hydroxylation is 1. The first-order valence-electron chi connectivity index (χ1n) is 9.24. The Morgan fingerprint density at radius 3 is 2.61 bits per heavy atom. The minimum absolute atomic E-state index is 0.145. The predicted molar refractivity (Wildman–Crippen MR) is 112 cm³/mol. The van der Waals surface area contributed by atoms with Crippen molar-refractivity contribution in [3.05, 3.63) is 35.0 Å². The van der Waals surface area contributed by atoms with Crippen molar-refractivity contribution >= 4 is 35.1 Å². The zero-order valence-corrected chi connectivity index (χ0v) is 17.1. The summed E-state index contributed by atoms with van der Waals surface area (Å²) in [5.41, 5.74) is 1.55. The van der Waals surface area contributed by atoms with Crippen LogP contribution < -0.4 is 20.3 Å². The van der Waals surface area contributed by atoms with Gasteiger partial charge in [-0.2, -0.15) is 4.98 Å². The van der Waals surface area contributed by atoms with Gasteiger partial charge in [-0.1, -0.05) is 11.6 Å². The number of benzene rings is 1. The summed E-state index contributed by atoms with van der Waals surface area (Å²) in [5.74, 6) is 2.09. The number of urea groups is 1.